The standard InChI is InChI=1S/C12H20/c1-2-6-12(7-8-12)11-9-4-3-5-10(9)11/h9-11H,2-8H2,1H3. The molecular weight excluding hydrogens is 144 g/mol. The Morgan fingerprint density at radius 3 is 2.33 bits per heavy atom. The van der Waals surface area contributed by atoms with Crippen LogP contribution in [0, 0.1) is 23.2 Å². The molecule has 0 radical (unpaired) electrons. The van der Waals surface area contributed by atoms with Gasteiger partial charge in [0.1, 0.15) is 0 Å². The molecule has 12 heavy (non-hydrogen) atoms. The number of fused-ring (bicyclic) bond motifs is 1. The van der Waals surface area contributed by atoms with Gasteiger partial charge >= 0.3 is 0 Å². The smallest absolute Gasteiger partial charge is 0.0263 e. The van der Waals surface area contributed by atoms with Crippen molar-refractivity contribution in [3.63, 3.8) is 0 Å². The summed E-state index contributed by atoms with van der Waals surface area (Å²) in [6.07, 6.45) is 10.9. The summed E-state index contributed by atoms with van der Waals surface area (Å²) in [6, 6.07) is 0. The lowest BCUT2D eigenvalue weighted by atomic mass is 9.90. The molecule has 2 atom stereocenters. The van der Waals surface area contributed by atoms with E-state index < -0.39 is 0 Å². The van der Waals surface area contributed by atoms with Gasteiger partial charge in [-0.15, -0.1) is 0 Å². The van der Waals surface area contributed by atoms with Gasteiger partial charge in [-0.3, -0.25) is 0 Å². The summed E-state index contributed by atoms with van der Waals surface area (Å²) < 4.78 is 0. The monoisotopic (exact) mass is 164 g/mol. The second-order valence-electron chi connectivity index (χ2n) is 5.40. The van der Waals surface area contributed by atoms with Crippen molar-refractivity contribution >= 4 is 0 Å². The molecule has 0 aromatic rings. The molecule has 0 bridgehead atoms. The Morgan fingerprint density at radius 2 is 1.83 bits per heavy atom. The Labute approximate surface area is 75.7 Å². The predicted molar refractivity (Wildman–Crippen MR) is 50.9 cm³/mol. The van der Waals surface area contributed by atoms with E-state index in [1.807, 2.05) is 0 Å². The first kappa shape index (κ1) is 7.41. The van der Waals surface area contributed by atoms with Gasteiger partial charge in [0.2, 0.25) is 0 Å². The number of rotatable bonds is 3. The Morgan fingerprint density at radius 1 is 1.17 bits per heavy atom. The molecule has 0 heteroatoms. The van der Waals surface area contributed by atoms with Crippen LogP contribution in [0.5, 0.6) is 0 Å². The van der Waals surface area contributed by atoms with Gasteiger partial charge in [-0.1, -0.05) is 19.8 Å². The van der Waals surface area contributed by atoms with Crippen LogP contribution in [-0.4, -0.2) is 0 Å². The maximum Gasteiger partial charge on any atom is -0.0263 e. The molecule has 2 unspecified atom stereocenters. The summed E-state index contributed by atoms with van der Waals surface area (Å²) in [5, 5.41) is 0. The van der Waals surface area contributed by atoms with Crippen molar-refractivity contribution in [2.45, 2.75) is 51.9 Å². The highest BCUT2D eigenvalue weighted by Crippen LogP contribution is 2.73. The van der Waals surface area contributed by atoms with Crippen LogP contribution < -0.4 is 0 Å². The molecule has 0 aromatic carbocycles. The third kappa shape index (κ3) is 0.843. The maximum atomic E-state index is 2.36. The minimum Gasteiger partial charge on any atom is -0.0654 e. The number of hydrogen-bond acceptors (Lipinski definition) is 0. The van der Waals surface area contributed by atoms with Gasteiger partial charge in [0.15, 0.2) is 0 Å². The van der Waals surface area contributed by atoms with E-state index in [2.05, 4.69) is 6.92 Å². The molecule has 0 saturated heterocycles. The molecule has 3 aliphatic carbocycles. The summed E-state index contributed by atoms with van der Waals surface area (Å²) in [7, 11) is 0. The topological polar surface area (TPSA) is 0 Å². The zero-order valence-corrected chi connectivity index (χ0v) is 8.18. The summed E-state index contributed by atoms with van der Waals surface area (Å²) in [6.45, 7) is 2.36. The minimum absolute atomic E-state index is 0.907. The molecule has 3 rings (SSSR count). The van der Waals surface area contributed by atoms with E-state index in [0.717, 1.165) is 5.41 Å². The first-order valence-corrected chi connectivity index (χ1v) is 5.87. The highest BCUT2D eigenvalue weighted by atomic mass is 14.7. The molecule has 0 aromatic heterocycles. The van der Waals surface area contributed by atoms with Gasteiger partial charge in [-0.2, -0.15) is 0 Å². The largest absolute Gasteiger partial charge is 0.0654 e. The van der Waals surface area contributed by atoms with Crippen molar-refractivity contribution in [1.29, 1.82) is 0 Å². The molecule has 0 aliphatic heterocycles. The second kappa shape index (κ2) is 2.27. The first-order chi connectivity index (χ1) is 5.87. The van der Waals surface area contributed by atoms with Gasteiger partial charge in [0.05, 0.1) is 0 Å². The van der Waals surface area contributed by atoms with E-state index in [9.17, 15) is 0 Å². The average Bonchev–Trinajstić information content (AvgIpc) is 2.93. The molecule has 0 nitrogen and oxygen atoms in total. The average molecular weight is 164 g/mol. The van der Waals surface area contributed by atoms with Gasteiger partial charge in [0, 0.05) is 0 Å². The first-order valence-electron chi connectivity index (χ1n) is 5.87. The molecule has 68 valence electrons. The quantitative estimate of drug-likeness (QED) is 0.597. The summed E-state index contributed by atoms with van der Waals surface area (Å²) in [5.41, 5.74) is 0.907. The van der Waals surface area contributed by atoms with Gasteiger partial charge in [-0.25, -0.2) is 0 Å². The van der Waals surface area contributed by atoms with E-state index >= 15 is 0 Å². The SMILES string of the molecule is CCCC1(C2C3CCCC32)CC1. The summed E-state index contributed by atoms with van der Waals surface area (Å²) >= 11 is 0. The van der Waals surface area contributed by atoms with E-state index in [0.29, 0.717) is 0 Å². The third-order valence-corrected chi connectivity index (χ3v) is 4.75. The van der Waals surface area contributed by atoms with Crippen molar-refractivity contribution in [3.8, 4) is 0 Å². The van der Waals surface area contributed by atoms with Gasteiger partial charge in [0.25, 0.3) is 0 Å². The van der Waals surface area contributed by atoms with Crippen LogP contribution in [-0.2, 0) is 0 Å². The van der Waals surface area contributed by atoms with E-state index in [1.165, 1.54) is 24.2 Å². The van der Waals surface area contributed by atoms with Crippen LogP contribution in [0.15, 0.2) is 0 Å². The summed E-state index contributed by atoms with van der Waals surface area (Å²) in [5.74, 6) is 3.63. The van der Waals surface area contributed by atoms with Crippen LogP contribution in [0.4, 0.5) is 0 Å². The van der Waals surface area contributed by atoms with Crippen molar-refractivity contribution in [3.05, 3.63) is 0 Å². The lowest BCUT2D eigenvalue weighted by molar-refractivity contribution is 0.343. The van der Waals surface area contributed by atoms with Crippen molar-refractivity contribution in [2.75, 3.05) is 0 Å². The zero-order valence-electron chi connectivity index (χ0n) is 8.18. The molecule has 0 N–H and O–H groups in total. The van der Waals surface area contributed by atoms with E-state index in [1.54, 1.807) is 38.5 Å². The van der Waals surface area contributed by atoms with Crippen LogP contribution in [0.1, 0.15) is 51.9 Å². The van der Waals surface area contributed by atoms with Crippen molar-refractivity contribution < 1.29 is 0 Å². The van der Waals surface area contributed by atoms with E-state index in [-0.39, 0.29) is 0 Å². The molecular formula is C12H20. The number of hydrogen-bond donors (Lipinski definition) is 0. The van der Waals surface area contributed by atoms with Crippen LogP contribution in [0.25, 0.3) is 0 Å². The molecule has 3 saturated carbocycles. The highest BCUT2D eigenvalue weighted by molar-refractivity contribution is 5.14. The Hall–Kier alpha value is 0. The third-order valence-electron chi connectivity index (χ3n) is 4.75. The van der Waals surface area contributed by atoms with Gasteiger partial charge in [-0.05, 0) is 55.3 Å². The fraction of sp³-hybridized carbons (Fsp3) is 1.00. The highest BCUT2D eigenvalue weighted by Gasteiger charge is 2.65. The molecule has 0 heterocycles. The lowest BCUT2D eigenvalue weighted by Gasteiger charge is -2.15. The minimum atomic E-state index is 0.907. The Kier molecular flexibility index (Phi) is 1.40. The van der Waals surface area contributed by atoms with Crippen LogP contribution in [0.2, 0.25) is 0 Å². The van der Waals surface area contributed by atoms with Crippen LogP contribution >= 0.6 is 0 Å². The zero-order chi connectivity index (χ0) is 8.18. The fourth-order valence-corrected chi connectivity index (χ4v) is 4.14. The molecule has 3 fully saturated rings. The normalized spacial score (nSPS) is 47.2. The maximum absolute atomic E-state index is 2.36. The fourth-order valence-electron chi connectivity index (χ4n) is 4.14. The van der Waals surface area contributed by atoms with Crippen molar-refractivity contribution in [1.82, 2.24) is 0 Å². The predicted octanol–water partition coefficient (Wildman–Crippen LogP) is 3.61. The Balaban J connectivity index is 1.67. The summed E-state index contributed by atoms with van der Waals surface area (Å²) in [4.78, 5) is 0. The molecule has 0 amide bonds. The Bertz CT molecular complexity index is 180. The lowest BCUT2D eigenvalue weighted by Crippen LogP contribution is -2.07. The van der Waals surface area contributed by atoms with Crippen molar-refractivity contribution in [2.24, 2.45) is 23.2 Å². The van der Waals surface area contributed by atoms with Gasteiger partial charge < -0.3 is 0 Å². The van der Waals surface area contributed by atoms with Crippen LogP contribution in [0.3, 0.4) is 0 Å². The molecule has 0 spiro atoms. The second-order valence-corrected chi connectivity index (χ2v) is 5.40. The molecule has 3 aliphatic rings. The van der Waals surface area contributed by atoms with E-state index in [4.69, 9.17) is 0 Å².